The van der Waals surface area contributed by atoms with Crippen molar-refractivity contribution in [3.63, 3.8) is 0 Å². The summed E-state index contributed by atoms with van der Waals surface area (Å²) in [6.45, 7) is 34.4. The Hall–Kier alpha value is -4.96. The number of hydrogen-bond acceptors (Lipinski definition) is 1. The molecule has 1 aromatic heterocycles. The molecule has 0 saturated carbocycles. The Labute approximate surface area is 358 Å². The van der Waals surface area contributed by atoms with Crippen LogP contribution in [0.1, 0.15) is 137 Å². The van der Waals surface area contributed by atoms with Gasteiger partial charge in [-0.15, -0.1) is 0 Å². The summed E-state index contributed by atoms with van der Waals surface area (Å²) in [4.78, 5) is 4.53. The van der Waals surface area contributed by atoms with Gasteiger partial charge in [0.1, 0.15) is 0 Å². The summed E-state index contributed by atoms with van der Waals surface area (Å²) in [7, 11) is 0. The molecule has 6 rings (SSSR count). The van der Waals surface area contributed by atoms with Crippen molar-refractivity contribution in [1.82, 2.24) is 4.98 Å². The van der Waals surface area contributed by atoms with Crippen LogP contribution >= 0.6 is 0 Å². The maximum Gasteiger partial charge on any atom is 0.417 e. The normalized spacial score (nSPS) is 13.2. The molecule has 314 valence electrons. The second-order valence-electron chi connectivity index (χ2n) is 21.8. The Morgan fingerprint density at radius 1 is 0.350 bits per heavy atom. The van der Waals surface area contributed by atoms with Crippen molar-refractivity contribution < 1.29 is 13.2 Å². The number of nitrogens with zero attached hydrogens (tertiary/aromatic N) is 1. The van der Waals surface area contributed by atoms with Crippen molar-refractivity contribution in [2.75, 3.05) is 0 Å². The van der Waals surface area contributed by atoms with Crippen molar-refractivity contribution in [2.24, 2.45) is 0 Å². The van der Waals surface area contributed by atoms with Gasteiger partial charge in [0.25, 0.3) is 0 Å². The van der Waals surface area contributed by atoms with Crippen LogP contribution in [0.3, 0.4) is 0 Å². The molecule has 0 aliphatic carbocycles. The molecule has 0 radical (unpaired) electrons. The Balaban J connectivity index is 1.64. The van der Waals surface area contributed by atoms with Crippen molar-refractivity contribution in [3.05, 3.63) is 149 Å². The van der Waals surface area contributed by atoms with Crippen LogP contribution in [-0.4, -0.2) is 4.98 Å². The molecule has 0 unspecified atom stereocenters. The van der Waals surface area contributed by atoms with Gasteiger partial charge in [-0.1, -0.05) is 189 Å². The minimum Gasteiger partial charge on any atom is -0.256 e. The first-order chi connectivity index (χ1) is 27.5. The predicted octanol–water partition coefficient (Wildman–Crippen LogP) is 16.9. The lowest BCUT2D eigenvalue weighted by atomic mass is 9.75. The Kier molecular flexibility index (Phi) is 11.5. The van der Waals surface area contributed by atoms with Crippen LogP contribution in [0, 0.1) is 0 Å². The topological polar surface area (TPSA) is 12.9 Å². The average Bonchev–Trinajstić information content (AvgIpc) is 3.15. The molecule has 1 nitrogen and oxygen atoms in total. The summed E-state index contributed by atoms with van der Waals surface area (Å²) in [6, 6.07) is 36.9. The van der Waals surface area contributed by atoms with E-state index >= 15 is 0 Å². The number of hydrogen-bond donors (Lipinski definition) is 0. The van der Waals surface area contributed by atoms with E-state index in [1.165, 1.54) is 67.8 Å². The number of halogens is 3. The Morgan fingerprint density at radius 3 is 1.08 bits per heavy atom. The molecule has 6 aromatic rings. The molecular formula is C56H64F3N. The second kappa shape index (κ2) is 15.5. The highest BCUT2D eigenvalue weighted by Gasteiger charge is 2.34. The zero-order chi connectivity index (χ0) is 44.4. The fourth-order valence-corrected chi connectivity index (χ4v) is 7.65. The average molecular weight is 808 g/mol. The Bertz CT molecular complexity index is 2340. The SMILES string of the molecule is CC(C)(C)c1cc(-c2cc(C(C)(C)C)cc(-c3cc(C(C)(C)C)cc(C(C)(C)C)c3)c2-c2ccc(-c3ccc(-c4ccccc4C(F)(F)F)nc3)cc2)cc(C(C)(C)C)c1. The van der Waals surface area contributed by atoms with Gasteiger partial charge in [-0.25, -0.2) is 0 Å². The number of pyridine rings is 1. The minimum atomic E-state index is -4.47. The number of aromatic nitrogens is 1. The van der Waals surface area contributed by atoms with Gasteiger partial charge in [0.05, 0.1) is 11.3 Å². The van der Waals surface area contributed by atoms with E-state index in [1.807, 2.05) is 6.07 Å². The van der Waals surface area contributed by atoms with E-state index in [2.05, 4.69) is 182 Å². The van der Waals surface area contributed by atoms with Crippen molar-refractivity contribution >= 4 is 0 Å². The lowest BCUT2D eigenvalue weighted by Gasteiger charge is -2.30. The quantitative estimate of drug-likeness (QED) is 0.169. The molecule has 0 aliphatic rings. The van der Waals surface area contributed by atoms with Crippen LogP contribution in [0.2, 0.25) is 0 Å². The van der Waals surface area contributed by atoms with Crippen LogP contribution in [0.5, 0.6) is 0 Å². The number of rotatable bonds is 5. The third kappa shape index (κ3) is 9.64. The van der Waals surface area contributed by atoms with Crippen molar-refractivity contribution in [1.29, 1.82) is 0 Å². The van der Waals surface area contributed by atoms with Crippen LogP contribution in [0.4, 0.5) is 13.2 Å². The van der Waals surface area contributed by atoms with E-state index < -0.39 is 11.7 Å². The van der Waals surface area contributed by atoms with Gasteiger partial charge >= 0.3 is 6.18 Å². The fourth-order valence-electron chi connectivity index (χ4n) is 7.65. The van der Waals surface area contributed by atoms with E-state index in [0.717, 1.165) is 22.8 Å². The molecule has 0 amide bonds. The molecule has 1 heterocycles. The molecule has 4 heteroatoms. The summed E-state index contributed by atoms with van der Waals surface area (Å²) in [5.74, 6) is 0. The molecule has 0 bridgehead atoms. The van der Waals surface area contributed by atoms with Crippen molar-refractivity contribution in [3.8, 4) is 55.8 Å². The molecule has 0 fully saturated rings. The summed E-state index contributed by atoms with van der Waals surface area (Å²) in [6.07, 6.45) is -2.80. The lowest BCUT2D eigenvalue weighted by Crippen LogP contribution is -2.17. The number of alkyl halides is 3. The van der Waals surface area contributed by atoms with E-state index in [9.17, 15) is 13.2 Å². The number of benzene rings is 5. The summed E-state index contributed by atoms with van der Waals surface area (Å²) >= 11 is 0. The first-order valence-corrected chi connectivity index (χ1v) is 21.3. The van der Waals surface area contributed by atoms with Gasteiger partial charge in [0.15, 0.2) is 0 Å². The third-order valence-corrected chi connectivity index (χ3v) is 11.7. The summed E-state index contributed by atoms with van der Waals surface area (Å²) < 4.78 is 41.6. The molecular weight excluding hydrogens is 744 g/mol. The minimum absolute atomic E-state index is 0.0661. The van der Waals surface area contributed by atoms with Gasteiger partial charge in [0, 0.05) is 17.3 Å². The van der Waals surface area contributed by atoms with Gasteiger partial charge in [-0.05, 0) is 118 Å². The third-order valence-electron chi connectivity index (χ3n) is 11.7. The summed E-state index contributed by atoms with van der Waals surface area (Å²) in [5, 5.41) is 0. The predicted molar refractivity (Wildman–Crippen MR) is 250 cm³/mol. The monoisotopic (exact) mass is 807 g/mol. The molecule has 0 aliphatic heterocycles. The lowest BCUT2D eigenvalue weighted by molar-refractivity contribution is -0.137. The summed E-state index contributed by atoms with van der Waals surface area (Å²) in [5.41, 5.74) is 14.5. The smallest absolute Gasteiger partial charge is 0.256 e. The van der Waals surface area contributed by atoms with Crippen LogP contribution in [0.25, 0.3) is 55.8 Å². The van der Waals surface area contributed by atoms with E-state index in [1.54, 1.807) is 18.3 Å². The van der Waals surface area contributed by atoms with Crippen molar-refractivity contribution in [2.45, 2.75) is 137 Å². The molecule has 0 N–H and O–H groups in total. The Morgan fingerprint density at radius 2 is 0.717 bits per heavy atom. The van der Waals surface area contributed by atoms with Gasteiger partial charge in [0.2, 0.25) is 0 Å². The highest BCUT2D eigenvalue weighted by atomic mass is 19.4. The molecule has 0 atom stereocenters. The van der Waals surface area contributed by atoms with E-state index in [-0.39, 0.29) is 38.3 Å². The molecule has 0 spiro atoms. The van der Waals surface area contributed by atoms with Gasteiger partial charge in [-0.2, -0.15) is 13.2 Å². The highest BCUT2D eigenvalue weighted by molar-refractivity contribution is 5.96. The van der Waals surface area contributed by atoms with Crippen LogP contribution in [0.15, 0.2) is 115 Å². The zero-order valence-corrected chi connectivity index (χ0v) is 38.6. The standard InChI is InChI=1S/C56H64F3N/c1-51(2,3)40-26-38(27-41(30-40)52(4,5)6)46-32-44(55(13,14)15)33-47(39-28-42(53(7,8)9)31-43(29-39)54(10,11)12)50(46)36-22-20-35(21-23-36)37-24-25-49(60-34-37)45-18-16-17-19-48(45)56(57,58)59/h16-34H,1-15H3. The zero-order valence-electron chi connectivity index (χ0n) is 38.6. The molecule has 60 heavy (non-hydrogen) atoms. The first-order valence-electron chi connectivity index (χ1n) is 21.3. The maximum absolute atomic E-state index is 13.9. The van der Waals surface area contributed by atoms with E-state index in [0.29, 0.717) is 0 Å². The second-order valence-corrected chi connectivity index (χ2v) is 21.8. The van der Waals surface area contributed by atoms with Crippen LogP contribution < -0.4 is 0 Å². The molecule has 5 aromatic carbocycles. The highest BCUT2D eigenvalue weighted by Crippen LogP contribution is 2.47. The first kappa shape index (κ1) is 44.6. The van der Waals surface area contributed by atoms with Gasteiger partial charge < -0.3 is 0 Å². The largest absolute Gasteiger partial charge is 0.417 e. The van der Waals surface area contributed by atoms with Crippen LogP contribution in [-0.2, 0) is 33.3 Å². The molecule has 0 saturated heterocycles. The fraction of sp³-hybridized carbons (Fsp3) is 0.375. The maximum atomic E-state index is 13.9. The van der Waals surface area contributed by atoms with E-state index in [4.69, 9.17) is 0 Å². The van der Waals surface area contributed by atoms with Gasteiger partial charge in [-0.3, -0.25) is 4.98 Å².